The fourth-order valence-electron chi connectivity index (χ4n) is 2.50. The van der Waals surface area contributed by atoms with Gasteiger partial charge >= 0.3 is 18.1 Å². The van der Waals surface area contributed by atoms with Gasteiger partial charge < -0.3 is 20.3 Å². The summed E-state index contributed by atoms with van der Waals surface area (Å²) >= 11 is 0. The number of hydrogen-bond acceptors (Lipinski definition) is 4. The van der Waals surface area contributed by atoms with E-state index in [0.717, 1.165) is 25.1 Å². The van der Waals surface area contributed by atoms with E-state index in [1.807, 2.05) is 12.1 Å². The molecule has 0 aliphatic rings. The molecule has 0 bridgehead atoms. The molecular formula is C22H26F3NO5. The average Bonchev–Trinajstić information content (AvgIpc) is 2.68. The molecule has 170 valence electrons. The third kappa shape index (κ3) is 12.3. The Bertz CT molecular complexity index is 840. The highest BCUT2D eigenvalue weighted by Gasteiger charge is 2.38. The number of halogens is 3. The van der Waals surface area contributed by atoms with Crippen LogP contribution in [0.4, 0.5) is 13.2 Å². The molecule has 0 saturated heterocycles. The minimum Gasteiger partial charge on any atom is -0.493 e. The van der Waals surface area contributed by atoms with Crippen molar-refractivity contribution in [3.05, 3.63) is 65.2 Å². The van der Waals surface area contributed by atoms with Crippen molar-refractivity contribution >= 4 is 11.9 Å². The van der Waals surface area contributed by atoms with Crippen molar-refractivity contribution < 1.29 is 37.7 Å². The van der Waals surface area contributed by atoms with Crippen molar-refractivity contribution in [2.45, 2.75) is 32.4 Å². The first-order chi connectivity index (χ1) is 14.6. The summed E-state index contributed by atoms with van der Waals surface area (Å²) in [7, 11) is 0. The number of ether oxygens (including phenoxy) is 1. The quantitative estimate of drug-likeness (QED) is 0.485. The molecule has 2 aromatic rings. The van der Waals surface area contributed by atoms with E-state index >= 15 is 0 Å². The number of carboxylic acid groups (broad SMARTS) is 2. The Labute approximate surface area is 178 Å². The van der Waals surface area contributed by atoms with E-state index in [4.69, 9.17) is 19.7 Å². The molecule has 0 unspecified atom stereocenters. The van der Waals surface area contributed by atoms with Crippen LogP contribution in [-0.2, 0) is 22.4 Å². The van der Waals surface area contributed by atoms with Crippen LogP contribution in [0.2, 0.25) is 0 Å². The van der Waals surface area contributed by atoms with Gasteiger partial charge in [-0.1, -0.05) is 42.0 Å². The Morgan fingerprint density at radius 1 is 0.968 bits per heavy atom. The van der Waals surface area contributed by atoms with Crippen molar-refractivity contribution in [3.8, 4) is 5.75 Å². The normalized spacial score (nSPS) is 10.7. The zero-order valence-corrected chi connectivity index (χ0v) is 17.1. The second-order valence-electron chi connectivity index (χ2n) is 6.68. The standard InChI is InChI=1S/C20H25NO3.C2HF3O2/c1-16-4-2-5-18(14-16)10-13-24-19-7-3-6-17(15-19)8-11-21-12-9-20(22)23;3-2(4,5)1(6)7/h2-7,14-15,21H,8-13H2,1H3,(H,22,23);(H,6,7). The summed E-state index contributed by atoms with van der Waals surface area (Å²) in [5.74, 6) is -2.65. The summed E-state index contributed by atoms with van der Waals surface area (Å²) in [4.78, 5) is 19.3. The molecular weight excluding hydrogens is 415 g/mol. The van der Waals surface area contributed by atoms with Crippen LogP contribution in [0.5, 0.6) is 5.75 Å². The molecule has 0 heterocycles. The molecule has 0 radical (unpaired) electrons. The van der Waals surface area contributed by atoms with Crippen molar-refractivity contribution in [1.82, 2.24) is 5.32 Å². The lowest BCUT2D eigenvalue weighted by molar-refractivity contribution is -0.192. The topological polar surface area (TPSA) is 95.9 Å². The van der Waals surface area contributed by atoms with Gasteiger partial charge in [0.15, 0.2) is 0 Å². The average molecular weight is 441 g/mol. The van der Waals surface area contributed by atoms with Crippen LogP contribution < -0.4 is 10.1 Å². The molecule has 0 aromatic heterocycles. The van der Waals surface area contributed by atoms with Crippen LogP contribution in [0.15, 0.2) is 48.5 Å². The monoisotopic (exact) mass is 441 g/mol. The second-order valence-corrected chi connectivity index (χ2v) is 6.68. The molecule has 2 aromatic carbocycles. The summed E-state index contributed by atoms with van der Waals surface area (Å²) in [6.45, 7) is 4.02. The maximum absolute atomic E-state index is 10.6. The van der Waals surface area contributed by atoms with Gasteiger partial charge in [0.2, 0.25) is 0 Å². The number of nitrogens with one attached hydrogen (secondary N) is 1. The van der Waals surface area contributed by atoms with Gasteiger partial charge in [-0.2, -0.15) is 13.2 Å². The molecule has 0 saturated carbocycles. The molecule has 6 nitrogen and oxygen atoms in total. The highest BCUT2D eigenvalue weighted by molar-refractivity contribution is 5.73. The molecule has 0 aliphatic heterocycles. The highest BCUT2D eigenvalue weighted by atomic mass is 19.4. The third-order valence-corrected chi connectivity index (χ3v) is 3.99. The van der Waals surface area contributed by atoms with E-state index < -0.39 is 18.1 Å². The molecule has 0 atom stereocenters. The van der Waals surface area contributed by atoms with Crippen LogP contribution in [0, 0.1) is 6.92 Å². The van der Waals surface area contributed by atoms with Crippen molar-refractivity contribution in [3.63, 3.8) is 0 Å². The minimum absolute atomic E-state index is 0.155. The maximum Gasteiger partial charge on any atom is 0.490 e. The van der Waals surface area contributed by atoms with Gasteiger partial charge in [-0.3, -0.25) is 4.79 Å². The van der Waals surface area contributed by atoms with Crippen LogP contribution in [0.25, 0.3) is 0 Å². The molecule has 31 heavy (non-hydrogen) atoms. The van der Waals surface area contributed by atoms with Gasteiger partial charge in [0.05, 0.1) is 13.0 Å². The lowest BCUT2D eigenvalue weighted by Crippen LogP contribution is -2.21. The molecule has 0 fully saturated rings. The Balaban J connectivity index is 0.000000592. The largest absolute Gasteiger partial charge is 0.493 e. The van der Waals surface area contributed by atoms with Crippen molar-refractivity contribution in [2.75, 3.05) is 19.7 Å². The fourth-order valence-corrected chi connectivity index (χ4v) is 2.50. The van der Waals surface area contributed by atoms with E-state index in [0.29, 0.717) is 13.2 Å². The zero-order valence-electron chi connectivity index (χ0n) is 17.1. The first-order valence-electron chi connectivity index (χ1n) is 9.58. The van der Waals surface area contributed by atoms with Crippen LogP contribution in [0.3, 0.4) is 0 Å². The Morgan fingerprint density at radius 2 is 1.58 bits per heavy atom. The predicted octanol–water partition coefficient (Wildman–Crippen LogP) is 3.86. The Morgan fingerprint density at radius 3 is 2.16 bits per heavy atom. The number of rotatable bonds is 10. The maximum atomic E-state index is 10.6. The number of alkyl halides is 3. The second kappa shape index (κ2) is 13.3. The smallest absolute Gasteiger partial charge is 0.490 e. The van der Waals surface area contributed by atoms with E-state index in [2.05, 4.69) is 48.6 Å². The Hall–Kier alpha value is -3.07. The minimum atomic E-state index is -5.08. The molecule has 0 amide bonds. The fraction of sp³-hybridized carbons (Fsp3) is 0.364. The first-order valence-corrected chi connectivity index (χ1v) is 9.58. The van der Waals surface area contributed by atoms with E-state index in [1.165, 1.54) is 16.7 Å². The lowest BCUT2D eigenvalue weighted by Gasteiger charge is -2.09. The highest BCUT2D eigenvalue weighted by Crippen LogP contribution is 2.15. The van der Waals surface area contributed by atoms with E-state index in [9.17, 15) is 18.0 Å². The molecule has 2 rings (SSSR count). The van der Waals surface area contributed by atoms with Gasteiger partial charge in [0, 0.05) is 13.0 Å². The predicted molar refractivity (Wildman–Crippen MR) is 109 cm³/mol. The summed E-state index contributed by atoms with van der Waals surface area (Å²) < 4.78 is 37.6. The van der Waals surface area contributed by atoms with Crippen LogP contribution >= 0.6 is 0 Å². The van der Waals surface area contributed by atoms with Gasteiger partial charge in [-0.15, -0.1) is 0 Å². The number of aryl methyl sites for hydroxylation is 1. The van der Waals surface area contributed by atoms with E-state index in [-0.39, 0.29) is 6.42 Å². The molecule has 0 aliphatic carbocycles. The van der Waals surface area contributed by atoms with Gasteiger partial charge in [0.25, 0.3) is 0 Å². The molecule has 9 heteroatoms. The summed E-state index contributed by atoms with van der Waals surface area (Å²) in [5.41, 5.74) is 3.74. The number of benzene rings is 2. The van der Waals surface area contributed by atoms with Gasteiger partial charge in [-0.25, -0.2) is 4.79 Å². The number of hydrogen-bond donors (Lipinski definition) is 3. The summed E-state index contributed by atoms with van der Waals surface area (Å²) in [5, 5.41) is 18.8. The van der Waals surface area contributed by atoms with Gasteiger partial charge in [0.1, 0.15) is 5.75 Å². The number of carbonyl (C=O) groups is 2. The molecule has 0 spiro atoms. The molecule has 3 N–H and O–H groups in total. The van der Waals surface area contributed by atoms with Crippen LogP contribution in [0.1, 0.15) is 23.1 Å². The number of aliphatic carboxylic acids is 2. The zero-order chi connectivity index (χ0) is 23.3. The SMILES string of the molecule is Cc1cccc(CCOc2cccc(CCNCCC(=O)O)c2)c1.O=C(O)C(F)(F)F. The Kier molecular flexibility index (Phi) is 11.1. The van der Waals surface area contributed by atoms with Crippen molar-refractivity contribution in [1.29, 1.82) is 0 Å². The third-order valence-electron chi connectivity index (χ3n) is 3.99. The number of carboxylic acids is 2. The van der Waals surface area contributed by atoms with Crippen LogP contribution in [-0.4, -0.2) is 48.0 Å². The lowest BCUT2D eigenvalue weighted by atomic mass is 10.1. The van der Waals surface area contributed by atoms with E-state index in [1.54, 1.807) is 0 Å². The summed E-state index contributed by atoms with van der Waals surface area (Å²) in [6.07, 6.45) is -3.18. The summed E-state index contributed by atoms with van der Waals surface area (Å²) in [6, 6.07) is 16.5. The first kappa shape index (κ1) is 26.0. The van der Waals surface area contributed by atoms with Gasteiger partial charge in [-0.05, 0) is 43.1 Å². The van der Waals surface area contributed by atoms with Crippen molar-refractivity contribution in [2.24, 2.45) is 0 Å².